The van der Waals surface area contributed by atoms with Gasteiger partial charge in [0.05, 0.1) is 11.5 Å². The number of carbonyl (C=O) groups is 1. The average molecular weight is 451 g/mol. The van der Waals surface area contributed by atoms with Crippen LogP contribution in [0.15, 0.2) is 53.7 Å². The molecule has 3 rings (SSSR count). The second-order valence-corrected chi connectivity index (χ2v) is 8.47. The molecular formula is C20H20ClFN4OS2. The lowest BCUT2D eigenvalue weighted by atomic mass is 10.2. The van der Waals surface area contributed by atoms with Crippen molar-refractivity contribution >= 4 is 46.7 Å². The third kappa shape index (κ3) is 6.48. The lowest BCUT2D eigenvalue weighted by molar-refractivity contribution is -0.113. The van der Waals surface area contributed by atoms with Crippen LogP contribution in [0.5, 0.6) is 0 Å². The van der Waals surface area contributed by atoms with Crippen molar-refractivity contribution < 1.29 is 9.18 Å². The van der Waals surface area contributed by atoms with E-state index in [1.165, 1.54) is 23.9 Å². The van der Waals surface area contributed by atoms with E-state index < -0.39 is 0 Å². The van der Waals surface area contributed by atoms with Crippen molar-refractivity contribution in [2.75, 3.05) is 11.1 Å². The lowest BCUT2D eigenvalue weighted by Gasteiger charge is -2.08. The predicted octanol–water partition coefficient (Wildman–Crippen LogP) is 5.25. The number of anilines is 1. The minimum absolute atomic E-state index is 0.116. The van der Waals surface area contributed by atoms with Crippen LogP contribution in [-0.2, 0) is 22.8 Å². The third-order valence-corrected chi connectivity index (χ3v) is 6.20. The standard InChI is InChI=1S/C20H20ClFN4OS2/c1-2-26-18(12-28-11-14-3-7-16(22)8-4-14)24-25-20(26)29-13-19(27)23-17-9-5-15(21)6-10-17/h3-10H,2,11-13H2,1H3,(H,23,27). The smallest absolute Gasteiger partial charge is 0.234 e. The first-order valence-electron chi connectivity index (χ1n) is 8.97. The lowest BCUT2D eigenvalue weighted by Crippen LogP contribution is -2.14. The van der Waals surface area contributed by atoms with Crippen molar-refractivity contribution in [2.45, 2.75) is 30.1 Å². The van der Waals surface area contributed by atoms with Crippen LogP contribution in [0.4, 0.5) is 10.1 Å². The molecule has 0 spiro atoms. The monoisotopic (exact) mass is 450 g/mol. The summed E-state index contributed by atoms with van der Waals surface area (Å²) in [6.07, 6.45) is 0. The van der Waals surface area contributed by atoms with Crippen molar-refractivity contribution in [1.29, 1.82) is 0 Å². The number of amides is 1. The first-order valence-corrected chi connectivity index (χ1v) is 11.5. The first-order chi connectivity index (χ1) is 14.0. The van der Waals surface area contributed by atoms with Crippen molar-refractivity contribution in [1.82, 2.24) is 14.8 Å². The molecule has 0 radical (unpaired) electrons. The zero-order valence-corrected chi connectivity index (χ0v) is 18.2. The molecule has 0 aliphatic carbocycles. The third-order valence-electron chi connectivity index (χ3n) is 3.98. The highest BCUT2D eigenvalue weighted by atomic mass is 35.5. The number of hydrogen-bond donors (Lipinski definition) is 1. The number of rotatable bonds is 9. The van der Waals surface area contributed by atoms with Gasteiger partial charge in [-0.3, -0.25) is 4.79 Å². The van der Waals surface area contributed by atoms with E-state index in [2.05, 4.69) is 15.5 Å². The van der Waals surface area contributed by atoms with Crippen molar-refractivity contribution in [3.8, 4) is 0 Å². The van der Waals surface area contributed by atoms with E-state index in [1.54, 1.807) is 48.2 Å². The normalized spacial score (nSPS) is 10.9. The van der Waals surface area contributed by atoms with Crippen molar-refractivity contribution in [3.63, 3.8) is 0 Å². The van der Waals surface area contributed by atoms with E-state index in [-0.39, 0.29) is 17.5 Å². The quantitative estimate of drug-likeness (QED) is 0.451. The fraction of sp³-hybridized carbons (Fsp3) is 0.250. The Labute approximate surface area is 182 Å². The molecule has 1 aromatic heterocycles. The first kappa shape index (κ1) is 21.7. The van der Waals surface area contributed by atoms with E-state index >= 15 is 0 Å². The van der Waals surface area contributed by atoms with Gasteiger partial charge in [-0.2, -0.15) is 0 Å². The Morgan fingerprint density at radius 3 is 2.52 bits per heavy atom. The van der Waals surface area contributed by atoms with Gasteiger partial charge in [-0.15, -0.1) is 22.0 Å². The number of aromatic nitrogens is 3. The molecule has 0 saturated carbocycles. The minimum Gasteiger partial charge on any atom is -0.325 e. The van der Waals surface area contributed by atoms with Gasteiger partial charge in [-0.25, -0.2) is 4.39 Å². The molecule has 0 fully saturated rings. The van der Waals surface area contributed by atoms with Crippen LogP contribution in [0, 0.1) is 5.82 Å². The number of nitrogens with zero attached hydrogens (tertiary/aromatic N) is 3. The Kier molecular flexibility index (Phi) is 7.97. The summed E-state index contributed by atoms with van der Waals surface area (Å²) in [5, 5.41) is 12.7. The minimum atomic E-state index is -0.230. The van der Waals surface area contributed by atoms with E-state index in [4.69, 9.17) is 11.6 Å². The van der Waals surface area contributed by atoms with Crippen LogP contribution < -0.4 is 5.32 Å². The van der Waals surface area contributed by atoms with Crippen LogP contribution in [0.25, 0.3) is 0 Å². The largest absolute Gasteiger partial charge is 0.325 e. The van der Waals surface area contributed by atoms with Crippen LogP contribution in [0.1, 0.15) is 18.3 Å². The number of hydrogen-bond acceptors (Lipinski definition) is 5. The zero-order valence-electron chi connectivity index (χ0n) is 15.8. The maximum Gasteiger partial charge on any atom is 0.234 e. The van der Waals surface area contributed by atoms with Gasteiger partial charge >= 0.3 is 0 Å². The second kappa shape index (κ2) is 10.7. The number of nitrogens with one attached hydrogen (secondary N) is 1. The molecule has 0 aliphatic rings. The van der Waals surface area contributed by atoms with E-state index in [1.807, 2.05) is 11.5 Å². The zero-order chi connectivity index (χ0) is 20.6. The molecule has 1 heterocycles. The van der Waals surface area contributed by atoms with Gasteiger partial charge in [0.25, 0.3) is 0 Å². The van der Waals surface area contributed by atoms with Gasteiger partial charge in [0.2, 0.25) is 5.91 Å². The summed E-state index contributed by atoms with van der Waals surface area (Å²) in [6.45, 7) is 2.75. The molecule has 29 heavy (non-hydrogen) atoms. The Morgan fingerprint density at radius 2 is 1.83 bits per heavy atom. The van der Waals surface area contributed by atoms with Gasteiger partial charge in [0.15, 0.2) is 5.16 Å². The van der Waals surface area contributed by atoms with Crippen molar-refractivity contribution in [3.05, 3.63) is 70.8 Å². The number of halogens is 2. The molecule has 1 N–H and O–H groups in total. The SMILES string of the molecule is CCn1c(CSCc2ccc(F)cc2)nnc1SCC(=O)Nc1ccc(Cl)cc1. The number of benzene rings is 2. The van der Waals surface area contributed by atoms with Gasteiger partial charge in [-0.05, 0) is 48.9 Å². The molecule has 9 heteroatoms. The summed E-state index contributed by atoms with van der Waals surface area (Å²) in [6, 6.07) is 13.5. The summed E-state index contributed by atoms with van der Waals surface area (Å²) in [5.74, 6) is 2.21. The summed E-state index contributed by atoms with van der Waals surface area (Å²) in [5.41, 5.74) is 1.77. The molecule has 0 bridgehead atoms. The molecule has 0 saturated heterocycles. The second-order valence-electron chi connectivity index (χ2n) is 6.11. The summed E-state index contributed by atoms with van der Waals surface area (Å²) in [4.78, 5) is 12.2. The van der Waals surface area contributed by atoms with Crippen LogP contribution in [0.3, 0.4) is 0 Å². The van der Waals surface area contributed by atoms with Gasteiger partial charge in [0, 0.05) is 23.0 Å². The summed E-state index contributed by atoms with van der Waals surface area (Å²) < 4.78 is 15.0. The summed E-state index contributed by atoms with van der Waals surface area (Å²) in [7, 11) is 0. The van der Waals surface area contributed by atoms with Crippen LogP contribution in [-0.4, -0.2) is 26.4 Å². The average Bonchev–Trinajstić information content (AvgIpc) is 3.11. The van der Waals surface area contributed by atoms with Gasteiger partial charge in [-0.1, -0.05) is 35.5 Å². The van der Waals surface area contributed by atoms with E-state index in [0.29, 0.717) is 16.5 Å². The molecule has 0 aliphatic heterocycles. The van der Waals surface area contributed by atoms with Crippen LogP contribution in [0.2, 0.25) is 5.02 Å². The number of carbonyl (C=O) groups excluding carboxylic acids is 1. The highest BCUT2D eigenvalue weighted by Crippen LogP contribution is 2.22. The molecular weight excluding hydrogens is 431 g/mol. The molecule has 5 nitrogen and oxygen atoms in total. The Hall–Kier alpha value is -2.03. The predicted molar refractivity (Wildman–Crippen MR) is 118 cm³/mol. The fourth-order valence-corrected chi connectivity index (χ4v) is 4.42. The van der Waals surface area contributed by atoms with Crippen molar-refractivity contribution in [2.24, 2.45) is 0 Å². The fourth-order valence-electron chi connectivity index (χ4n) is 2.55. The van der Waals surface area contributed by atoms with Gasteiger partial charge < -0.3 is 9.88 Å². The highest BCUT2D eigenvalue weighted by Gasteiger charge is 2.13. The molecule has 2 aromatic carbocycles. The molecule has 152 valence electrons. The molecule has 0 atom stereocenters. The van der Waals surface area contributed by atoms with Gasteiger partial charge in [0.1, 0.15) is 11.6 Å². The highest BCUT2D eigenvalue weighted by molar-refractivity contribution is 7.99. The van der Waals surface area contributed by atoms with Crippen LogP contribution >= 0.6 is 35.1 Å². The Balaban J connectivity index is 1.51. The molecule has 1 amide bonds. The Morgan fingerprint density at radius 1 is 1.10 bits per heavy atom. The maximum absolute atomic E-state index is 13.0. The van der Waals surface area contributed by atoms with E-state index in [0.717, 1.165) is 28.8 Å². The maximum atomic E-state index is 13.0. The molecule has 3 aromatic rings. The van der Waals surface area contributed by atoms with E-state index in [9.17, 15) is 9.18 Å². The Bertz CT molecular complexity index is 948. The number of thioether (sulfide) groups is 2. The molecule has 0 unspecified atom stereocenters. The summed E-state index contributed by atoms with van der Waals surface area (Å²) >= 11 is 8.90. The topological polar surface area (TPSA) is 59.8 Å².